The lowest BCUT2D eigenvalue weighted by atomic mass is 9.71. The molecule has 1 unspecified atom stereocenters. The SMILES string of the molecule is CC(C)CC(=O)N1CC2(CN(Cc3ccccc3)CC2C(=O)NC(C)C)C1. The van der Waals surface area contributed by atoms with Crippen molar-refractivity contribution in [2.75, 3.05) is 26.2 Å². The van der Waals surface area contributed by atoms with Crippen LogP contribution in [0.15, 0.2) is 30.3 Å². The zero-order chi connectivity index (χ0) is 19.6. The van der Waals surface area contributed by atoms with Crippen molar-refractivity contribution in [1.29, 1.82) is 0 Å². The summed E-state index contributed by atoms with van der Waals surface area (Å²) in [5, 5.41) is 3.10. The molecule has 148 valence electrons. The predicted molar refractivity (Wildman–Crippen MR) is 107 cm³/mol. The summed E-state index contributed by atoms with van der Waals surface area (Å²) in [7, 11) is 0. The Bertz CT molecular complexity index is 665. The molecule has 1 N–H and O–H groups in total. The van der Waals surface area contributed by atoms with Crippen LogP contribution in [0.5, 0.6) is 0 Å². The molecule has 1 aromatic carbocycles. The van der Waals surface area contributed by atoms with Crippen LogP contribution in [0.2, 0.25) is 0 Å². The number of hydrogen-bond donors (Lipinski definition) is 1. The molecule has 3 rings (SSSR count). The van der Waals surface area contributed by atoms with Gasteiger partial charge in [-0.25, -0.2) is 0 Å². The number of amides is 2. The lowest BCUT2D eigenvalue weighted by Gasteiger charge is -2.51. The van der Waals surface area contributed by atoms with Crippen LogP contribution in [0, 0.1) is 17.3 Å². The highest BCUT2D eigenvalue weighted by Gasteiger charge is 2.57. The average Bonchev–Trinajstić information content (AvgIpc) is 2.92. The van der Waals surface area contributed by atoms with Crippen molar-refractivity contribution in [1.82, 2.24) is 15.1 Å². The molecule has 1 spiro atoms. The van der Waals surface area contributed by atoms with E-state index < -0.39 is 0 Å². The van der Waals surface area contributed by atoms with Crippen LogP contribution in [0.25, 0.3) is 0 Å². The van der Waals surface area contributed by atoms with Crippen LogP contribution in [-0.4, -0.2) is 53.8 Å². The topological polar surface area (TPSA) is 52.7 Å². The van der Waals surface area contributed by atoms with Crippen molar-refractivity contribution in [3.8, 4) is 0 Å². The predicted octanol–water partition coefficient (Wildman–Crippen LogP) is 2.52. The molecule has 0 aliphatic carbocycles. The van der Waals surface area contributed by atoms with E-state index in [1.165, 1.54) is 5.56 Å². The van der Waals surface area contributed by atoms with Gasteiger partial charge in [-0.1, -0.05) is 44.2 Å². The van der Waals surface area contributed by atoms with Crippen LogP contribution < -0.4 is 5.32 Å². The first-order chi connectivity index (χ1) is 12.8. The maximum absolute atomic E-state index is 12.9. The van der Waals surface area contributed by atoms with E-state index in [0.29, 0.717) is 25.4 Å². The molecule has 1 aromatic rings. The minimum atomic E-state index is -0.0968. The molecule has 2 aliphatic heterocycles. The van der Waals surface area contributed by atoms with Crippen molar-refractivity contribution < 1.29 is 9.59 Å². The van der Waals surface area contributed by atoms with E-state index in [4.69, 9.17) is 0 Å². The second kappa shape index (κ2) is 8.01. The number of carbonyl (C=O) groups is 2. The number of nitrogens with one attached hydrogen (secondary N) is 1. The smallest absolute Gasteiger partial charge is 0.225 e. The fourth-order valence-corrected chi connectivity index (χ4v) is 4.47. The van der Waals surface area contributed by atoms with E-state index in [2.05, 4.69) is 48.3 Å². The van der Waals surface area contributed by atoms with Gasteiger partial charge in [0.25, 0.3) is 0 Å². The maximum atomic E-state index is 12.9. The van der Waals surface area contributed by atoms with Crippen molar-refractivity contribution in [2.45, 2.75) is 46.7 Å². The summed E-state index contributed by atoms with van der Waals surface area (Å²) in [5.74, 6) is 0.677. The lowest BCUT2D eigenvalue weighted by molar-refractivity contribution is -0.150. The van der Waals surface area contributed by atoms with Crippen LogP contribution in [0.1, 0.15) is 39.7 Å². The Balaban J connectivity index is 1.70. The van der Waals surface area contributed by atoms with Crippen molar-refractivity contribution in [2.24, 2.45) is 17.3 Å². The number of rotatable bonds is 6. The molecule has 1 atom stereocenters. The first kappa shape index (κ1) is 19.9. The third kappa shape index (κ3) is 4.52. The van der Waals surface area contributed by atoms with Gasteiger partial charge in [0, 0.05) is 50.6 Å². The Morgan fingerprint density at radius 3 is 2.37 bits per heavy atom. The molecule has 27 heavy (non-hydrogen) atoms. The number of benzene rings is 1. The van der Waals surface area contributed by atoms with Gasteiger partial charge in [0.1, 0.15) is 0 Å². The molecule has 2 aliphatic rings. The van der Waals surface area contributed by atoms with Crippen molar-refractivity contribution in [3.63, 3.8) is 0 Å². The molecule has 0 saturated carbocycles. The molecule has 0 bridgehead atoms. The molecule has 5 nitrogen and oxygen atoms in total. The Morgan fingerprint density at radius 2 is 1.78 bits per heavy atom. The largest absolute Gasteiger partial charge is 0.354 e. The van der Waals surface area contributed by atoms with E-state index in [-0.39, 0.29) is 29.2 Å². The number of likely N-dealkylation sites (tertiary alicyclic amines) is 2. The normalized spacial score (nSPS) is 21.7. The highest BCUT2D eigenvalue weighted by atomic mass is 16.2. The third-order valence-corrected chi connectivity index (χ3v) is 5.66. The second-order valence-corrected chi connectivity index (χ2v) is 9.08. The molecule has 2 heterocycles. The van der Waals surface area contributed by atoms with Crippen LogP contribution in [0.3, 0.4) is 0 Å². The Hall–Kier alpha value is -1.88. The minimum Gasteiger partial charge on any atom is -0.354 e. The maximum Gasteiger partial charge on any atom is 0.225 e. The number of nitrogens with zero attached hydrogens (tertiary/aromatic N) is 2. The monoisotopic (exact) mass is 371 g/mol. The van der Waals surface area contributed by atoms with Gasteiger partial charge in [-0.15, -0.1) is 0 Å². The lowest BCUT2D eigenvalue weighted by Crippen LogP contribution is -2.64. The zero-order valence-corrected chi connectivity index (χ0v) is 17.1. The number of carbonyl (C=O) groups excluding carboxylic acids is 2. The molecule has 5 heteroatoms. The first-order valence-electron chi connectivity index (χ1n) is 10.1. The molecule has 0 radical (unpaired) electrons. The van der Waals surface area contributed by atoms with Gasteiger partial charge >= 0.3 is 0 Å². The highest BCUT2D eigenvalue weighted by Crippen LogP contribution is 2.45. The van der Waals surface area contributed by atoms with Crippen LogP contribution in [-0.2, 0) is 16.1 Å². The summed E-state index contributed by atoms with van der Waals surface area (Å²) < 4.78 is 0. The molecular formula is C22H33N3O2. The first-order valence-corrected chi connectivity index (χ1v) is 10.1. The Kier molecular flexibility index (Phi) is 5.89. The van der Waals surface area contributed by atoms with Crippen molar-refractivity contribution >= 4 is 11.8 Å². The summed E-state index contributed by atoms with van der Waals surface area (Å²) in [6.45, 7) is 12.1. The molecule has 2 fully saturated rings. The van der Waals surface area contributed by atoms with E-state index >= 15 is 0 Å². The van der Waals surface area contributed by atoms with Gasteiger partial charge in [0.15, 0.2) is 0 Å². The van der Waals surface area contributed by atoms with Crippen LogP contribution >= 0.6 is 0 Å². The average molecular weight is 372 g/mol. The Morgan fingerprint density at radius 1 is 1.11 bits per heavy atom. The van der Waals surface area contributed by atoms with E-state index in [1.807, 2.05) is 24.8 Å². The van der Waals surface area contributed by atoms with Gasteiger partial charge in [-0.05, 0) is 25.3 Å². The van der Waals surface area contributed by atoms with Gasteiger partial charge in [-0.3, -0.25) is 14.5 Å². The van der Waals surface area contributed by atoms with Crippen LogP contribution in [0.4, 0.5) is 0 Å². The number of hydrogen-bond acceptors (Lipinski definition) is 3. The third-order valence-electron chi connectivity index (χ3n) is 5.66. The second-order valence-electron chi connectivity index (χ2n) is 9.08. The minimum absolute atomic E-state index is 0.0493. The van der Waals surface area contributed by atoms with E-state index in [0.717, 1.165) is 19.6 Å². The summed E-state index contributed by atoms with van der Waals surface area (Å²) in [4.78, 5) is 29.6. The molecule has 2 amide bonds. The zero-order valence-electron chi connectivity index (χ0n) is 17.1. The van der Waals surface area contributed by atoms with Gasteiger partial charge in [-0.2, -0.15) is 0 Å². The van der Waals surface area contributed by atoms with E-state index in [9.17, 15) is 9.59 Å². The van der Waals surface area contributed by atoms with Gasteiger partial charge in [0.2, 0.25) is 11.8 Å². The standard InChI is InChI=1S/C22H33N3O2/c1-16(2)10-20(26)25-14-22(15-25)13-24(11-18-8-6-5-7-9-18)12-19(22)21(27)23-17(3)4/h5-9,16-17,19H,10-15H2,1-4H3,(H,23,27). The summed E-state index contributed by atoms with van der Waals surface area (Å²) in [6, 6.07) is 10.5. The Labute approximate surface area is 163 Å². The fourth-order valence-electron chi connectivity index (χ4n) is 4.47. The van der Waals surface area contributed by atoms with Gasteiger partial charge < -0.3 is 10.2 Å². The highest BCUT2D eigenvalue weighted by molar-refractivity contribution is 5.82. The quantitative estimate of drug-likeness (QED) is 0.836. The fraction of sp³-hybridized carbons (Fsp3) is 0.636. The van der Waals surface area contributed by atoms with Gasteiger partial charge in [0.05, 0.1) is 5.92 Å². The summed E-state index contributed by atoms with van der Waals surface area (Å²) in [5.41, 5.74) is 1.17. The molecular weight excluding hydrogens is 338 g/mol. The summed E-state index contributed by atoms with van der Waals surface area (Å²) >= 11 is 0. The molecule has 2 saturated heterocycles. The molecule has 0 aromatic heterocycles. The van der Waals surface area contributed by atoms with E-state index in [1.54, 1.807) is 0 Å². The van der Waals surface area contributed by atoms with Crippen molar-refractivity contribution in [3.05, 3.63) is 35.9 Å². The summed E-state index contributed by atoms with van der Waals surface area (Å²) in [6.07, 6.45) is 0.590.